The molecular formula is C17H17ClO5. The van der Waals surface area contributed by atoms with Crippen molar-refractivity contribution in [2.45, 2.75) is 0 Å². The molecule has 0 aliphatic heterocycles. The standard InChI is InChI=1S/C17H17ClO5/c1-20-13-6-5-11(18)9-12(13)16(19)10-7-14(21-2)17(23-4)15(8-10)22-3/h5-9H,1-4H3. The van der Waals surface area contributed by atoms with E-state index in [2.05, 4.69) is 0 Å². The highest BCUT2D eigenvalue weighted by atomic mass is 35.5. The average Bonchev–Trinajstić information content (AvgIpc) is 2.59. The summed E-state index contributed by atoms with van der Waals surface area (Å²) < 4.78 is 21.0. The Kier molecular flexibility index (Phi) is 5.34. The summed E-state index contributed by atoms with van der Waals surface area (Å²) in [5.41, 5.74) is 0.731. The van der Waals surface area contributed by atoms with Crippen LogP contribution in [0.15, 0.2) is 30.3 Å². The fourth-order valence-corrected chi connectivity index (χ4v) is 2.40. The number of hydrogen-bond acceptors (Lipinski definition) is 5. The van der Waals surface area contributed by atoms with Gasteiger partial charge in [0.1, 0.15) is 5.75 Å². The molecule has 0 aromatic heterocycles. The molecule has 5 nitrogen and oxygen atoms in total. The van der Waals surface area contributed by atoms with Gasteiger partial charge in [0.2, 0.25) is 5.75 Å². The van der Waals surface area contributed by atoms with Crippen molar-refractivity contribution in [1.82, 2.24) is 0 Å². The molecule has 0 unspecified atom stereocenters. The summed E-state index contributed by atoms with van der Waals surface area (Å²) in [5.74, 6) is 1.40. The molecule has 0 fully saturated rings. The molecular weight excluding hydrogens is 320 g/mol. The van der Waals surface area contributed by atoms with Gasteiger partial charge in [-0.15, -0.1) is 0 Å². The SMILES string of the molecule is COc1ccc(Cl)cc1C(=O)c1cc(OC)c(OC)c(OC)c1. The Morgan fingerprint density at radius 2 is 1.39 bits per heavy atom. The summed E-state index contributed by atoms with van der Waals surface area (Å²) >= 11 is 5.99. The molecule has 0 spiro atoms. The van der Waals surface area contributed by atoms with Gasteiger partial charge in [0.25, 0.3) is 0 Å². The van der Waals surface area contributed by atoms with Crippen LogP contribution in [0.4, 0.5) is 0 Å². The van der Waals surface area contributed by atoms with Crippen molar-refractivity contribution in [3.8, 4) is 23.0 Å². The number of hydrogen-bond donors (Lipinski definition) is 0. The van der Waals surface area contributed by atoms with Crippen LogP contribution in [-0.2, 0) is 0 Å². The zero-order valence-corrected chi connectivity index (χ0v) is 14.1. The maximum Gasteiger partial charge on any atom is 0.203 e. The van der Waals surface area contributed by atoms with Gasteiger partial charge in [-0.3, -0.25) is 4.79 Å². The van der Waals surface area contributed by atoms with Crippen molar-refractivity contribution in [2.24, 2.45) is 0 Å². The number of ketones is 1. The molecule has 0 heterocycles. The molecule has 0 radical (unpaired) electrons. The quantitative estimate of drug-likeness (QED) is 0.754. The lowest BCUT2D eigenvalue weighted by Gasteiger charge is -2.14. The van der Waals surface area contributed by atoms with Crippen molar-refractivity contribution >= 4 is 17.4 Å². The molecule has 6 heteroatoms. The smallest absolute Gasteiger partial charge is 0.203 e. The predicted octanol–water partition coefficient (Wildman–Crippen LogP) is 3.61. The minimum Gasteiger partial charge on any atom is -0.496 e. The number of carbonyl (C=O) groups excluding carboxylic acids is 1. The first kappa shape index (κ1) is 17.0. The van der Waals surface area contributed by atoms with E-state index in [1.54, 1.807) is 30.3 Å². The van der Waals surface area contributed by atoms with Gasteiger partial charge < -0.3 is 18.9 Å². The first-order valence-electron chi connectivity index (χ1n) is 6.74. The van der Waals surface area contributed by atoms with Gasteiger partial charge in [0, 0.05) is 10.6 Å². The number of carbonyl (C=O) groups is 1. The lowest BCUT2D eigenvalue weighted by molar-refractivity contribution is 0.103. The van der Waals surface area contributed by atoms with E-state index in [-0.39, 0.29) is 5.78 Å². The summed E-state index contributed by atoms with van der Waals surface area (Å²) in [4.78, 5) is 12.8. The second-order valence-corrected chi connectivity index (χ2v) is 5.02. The van der Waals surface area contributed by atoms with Crippen LogP contribution in [0.5, 0.6) is 23.0 Å². The van der Waals surface area contributed by atoms with Gasteiger partial charge in [-0.2, -0.15) is 0 Å². The van der Waals surface area contributed by atoms with Crippen LogP contribution in [0, 0.1) is 0 Å². The first-order valence-corrected chi connectivity index (χ1v) is 7.11. The summed E-state index contributed by atoms with van der Waals surface area (Å²) in [7, 11) is 5.98. The van der Waals surface area contributed by atoms with Crippen molar-refractivity contribution in [3.63, 3.8) is 0 Å². The van der Waals surface area contributed by atoms with E-state index in [1.807, 2.05) is 0 Å². The molecule has 122 valence electrons. The molecule has 2 aromatic rings. The van der Waals surface area contributed by atoms with Gasteiger partial charge in [-0.1, -0.05) is 11.6 Å². The van der Waals surface area contributed by atoms with Gasteiger partial charge in [0.05, 0.1) is 34.0 Å². The maximum atomic E-state index is 12.8. The highest BCUT2D eigenvalue weighted by Crippen LogP contribution is 2.39. The lowest BCUT2D eigenvalue weighted by atomic mass is 10.0. The van der Waals surface area contributed by atoms with Gasteiger partial charge in [0.15, 0.2) is 17.3 Å². The maximum absolute atomic E-state index is 12.8. The summed E-state index contributed by atoms with van der Waals surface area (Å²) in [6, 6.07) is 8.04. The second-order valence-electron chi connectivity index (χ2n) is 4.59. The fourth-order valence-electron chi connectivity index (χ4n) is 2.23. The van der Waals surface area contributed by atoms with E-state index in [0.29, 0.717) is 39.1 Å². The number of rotatable bonds is 6. The molecule has 2 rings (SSSR count). The van der Waals surface area contributed by atoms with Crippen LogP contribution in [0.3, 0.4) is 0 Å². The summed E-state index contributed by atoms with van der Waals surface area (Å²) in [5, 5.41) is 0.446. The number of ether oxygens (including phenoxy) is 4. The highest BCUT2D eigenvalue weighted by molar-refractivity contribution is 6.31. The van der Waals surface area contributed by atoms with Gasteiger partial charge in [-0.25, -0.2) is 0 Å². The molecule has 0 saturated heterocycles. The molecule has 0 aliphatic carbocycles. The van der Waals surface area contributed by atoms with Crippen LogP contribution in [0.1, 0.15) is 15.9 Å². The van der Waals surface area contributed by atoms with E-state index in [4.69, 9.17) is 30.5 Å². The highest BCUT2D eigenvalue weighted by Gasteiger charge is 2.20. The minimum atomic E-state index is -0.261. The fraction of sp³-hybridized carbons (Fsp3) is 0.235. The monoisotopic (exact) mass is 336 g/mol. The topological polar surface area (TPSA) is 54.0 Å². The Morgan fingerprint density at radius 1 is 0.826 bits per heavy atom. The third-order valence-corrected chi connectivity index (χ3v) is 3.57. The van der Waals surface area contributed by atoms with E-state index in [9.17, 15) is 4.79 Å². The Balaban J connectivity index is 2.58. The Hall–Kier alpha value is -2.40. The largest absolute Gasteiger partial charge is 0.496 e. The predicted molar refractivity (Wildman–Crippen MR) is 87.5 cm³/mol. The van der Waals surface area contributed by atoms with E-state index < -0.39 is 0 Å². The molecule has 0 amide bonds. The van der Waals surface area contributed by atoms with Crippen molar-refractivity contribution in [3.05, 3.63) is 46.5 Å². The second kappa shape index (κ2) is 7.24. The molecule has 23 heavy (non-hydrogen) atoms. The van der Waals surface area contributed by atoms with E-state index >= 15 is 0 Å². The normalized spacial score (nSPS) is 10.1. The Morgan fingerprint density at radius 3 is 1.87 bits per heavy atom. The van der Waals surface area contributed by atoms with Crippen LogP contribution in [0.2, 0.25) is 5.02 Å². The van der Waals surface area contributed by atoms with E-state index in [1.165, 1.54) is 28.4 Å². The molecule has 0 saturated carbocycles. The first-order chi connectivity index (χ1) is 11.0. The van der Waals surface area contributed by atoms with Gasteiger partial charge >= 0.3 is 0 Å². The summed E-state index contributed by atoms with van der Waals surface area (Å²) in [6.07, 6.45) is 0. The molecule has 0 atom stereocenters. The zero-order valence-electron chi connectivity index (χ0n) is 13.3. The molecule has 0 N–H and O–H groups in total. The zero-order chi connectivity index (χ0) is 17.0. The third-order valence-electron chi connectivity index (χ3n) is 3.33. The van der Waals surface area contributed by atoms with Crippen LogP contribution in [-0.4, -0.2) is 34.2 Å². The third kappa shape index (κ3) is 3.35. The lowest BCUT2D eigenvalue weighted by Crippen LogP contribution is -2.06. The Bertz CT molecular complexity index is 702. The van der Waals surface area contributed by atoms with Crippen molar-refractivity contribution in [1.29, 1.82) is 0 Å². The Labute approximate surface area is 139 Å². The summed E-state index contributed by atoms with van der Waals surface area (Å²) in [6.45, 7) is 0. The number of halogens is 1. The van der Waals surface area contributed by atoms with Crippen LogP contribution in [0.25, 0.3) is 0 Å². The number of methoxy groups -OCH3 is 4. The van der Waals surface area contributed by atoms with Gasteiger partial charge in [-0.05, 0) is 30.3 Å². The van der Waals surface area contributed by atoms with Crippen molar-refractivity contribution < 1.29 is 23.7 Å². The van der Waals surface area contributed by atoms with Crippen LogP contribution < -0.4 is 18.9 Å². The van der Waals surface area contributed by atoms with Crippen LogP contribution >= 0.6 is 11.6 Å². The minimum absolute atomic E-state index is 0.261. The average molecular weight is 337 g/mol. The van der Waals surface area contributed by atoms with Crippen molar-refractivity contribution in [2.75, 3.05) is 28.4 Å². The number of benzene rings is 2. The molecule has 2 aromatic carbocycles. The molecule has 0 aliphatic rings. The molecule has 0 bridgehead atoms. The van der Waals surface area contributed by atoms with E-state index in [0.717, 1.165) is 0 Å².